The van der Waals surface area contributed by atoms with Gasteiger partial charge in [0.2, 0.25) is 0 Å². The minimum atomic E-state index is -1.31. The van der Waals surface area contributed by atoms with Gasteiger partial charge in [-0.2, -0.15) is 0 Å². The zero-order valence-corrected chi connectivity index (χ0v) is 10.6. The van der Waals surface area contributed by atoms with Crippen LogP contribution in [0, 0.1) is 5.82 Å². The molecule has 0 radical (unpaired) electrons. The summed E-state index contributed by atoms with van der Waals surface area (Å²) >= 11 is 0. The summed E-state index contributed by atoms with van der Waals surface area (Å²) in [4.78, 5) is 24.0. The fourth-order valence-electron chi connectivity index (χ4n) is 1.36. The summed E-state index contributed by atoms with van der Waals surface area (Å²) in [7, 11) is 2.99. The van der Waals surface area contributed by atoms with Crippen LogP contribution in [-0.4, -0.2) is 49.3 Å². The number of carboxylic acid groups (broad SMARTS) is 1. The number of nitrogens with one attached hydrogen (secondary N) is 1. The summed E-state index contributed by atoms with van der Waals surface area (Å²) in [6.07, 6.45) is 0. The SMILES string of the molecule is COCCN(C)C(=O)Nc1c(F)cccc1C(=O)O. The molecule has 2 N–H and O–H groups in total. The summed E-state index contributed by atoms with van der Waals surface area (Å²) < 4.78 is 18.4. The average Bonchev–Trinajstić information content (AvgIpc) is 2.37. The molecule has 0 fully saturated rings. The van der Waals surface area contributed by atoms with E-state index in [0.29, 0.717) is 13.2 Å². The van der Waals surface area contributed by atoms with Gasteiger partial charge < -0.3 is 20.1 Å². The molecule has 7 heteroatoms. The Morgan fingerprint density at radius 2 is 2.16 bits per heavy atom. The van der Waals surface area contributed by atoms with Crippen molar-refractivity contribution in [3.05, 3.63) is 29.6 Å². The highest BCUT2D eigenvalue weighted by Crippen LogP contribution is 2.20. The third-order valence-electron chi connectivity index (χ3n) is 2.45. The van der Waals surface area contributed by atoms with Crippen molar-refractivity contribution in [3.8, 4) is 0 Å². The molecule has 0 saturated heterocycles. The molecule has 0 saturated carbocycles. The number of methoxy groups -OCH3 is 1. The van der Waals surface area contributed by atoms with Crippen molar-refractivity contribution < 1.29 is 23.8 Å². The second-order valence-corrected chi connectivity index (χ2v) is 3.81. The maximum Gasteiger partial charge on any atom is 0.337 e. The molecule has 0 unspecified atom stereocenters. The number of benzene rings is 1. The summed E-state index contributed by atoms with van der Waals surface area (Å²) in [6, 6.07) is 2.96. The van der Waals surface area contributed by atoms with Gasteiger partial charge in [0.1, 0.15) is 5.82 Å². The van der Waals surface area contributed by atoms with Gasteiger partial charge >= 0.3 is 12.0 Å². The number of likely N-dealkylation sites (N-methyl/N-ethyl adjacent to an activating group) is 1. The molecule has 0 aliphatic carbocycles. The van der Waals surface area contributed by atoms with Gasteiger partial charge in [-0.15, -0.1) is 0 Å². The van der Waals surface area contributed by atoms with Crippen molar-refractivity contribution in [3.63, 3.8) is 0 Å². The Balaban J connectivity index is 2.87. The third-order valence-corrected chi connectivity index (χ3v) is 2.45. The number of amides is 2. The third kappa shape index (κ3) is 3.92. The number of rotatable bonds is 5. The van der Waals surface area contributed by atoms with E-state index in [0.717, 1.165) is 6.07 Å². The lowest BCUT2D eigenvalue weighted by molar-refractivity contribution is 0.0697. The Kier molecular flexibility index (Phi) is 5.25. The van der Waals surface area contributed by atoms with E-state index in [4.69, 9.17) is 9.84 Å². The van der Waals surface area contributed by atoms with Gasteiger partial charge in [-0.25, -0.2) is 14.0 Å². The molecule has 0 heterocycles. The van der Waals surface area contributed by atoms with E-state index in [9.17, 15) is 14.0 Å². The van der Waals surface area contributed by atoms with Gasteiger partial charge in [-0.1, -0.05) is 6.07 Å². The highest BCUT2D eigenvalue weighted by Gasteiger charge is 2.18. The molecule has 104 valence electrons. The van der Waals surface area contributed by atoms with Crippen molar-refractivity contribution >= 4 is 17.7 Å². The van der Waals surface area contributed by atoms with Crippen LogP contribution in [0.4, 0.5) is 14.9 Å². The van der Waals surface area contributed by atoms with Gasteiger partial charge in [-0.05, 0) is 12.1 Å². The van der Waals surface area contributed by atoms with Crippen LogP contribution >= 0.6 is 0 Å². The highest BCUT2D eigenvalue weighted by molar-refractivity contribution is 6.00. The minimum absolute atomic E-state index is 0.298. The number of aromatic carboxylic acids is 1. The van der Waals surface area contributed by atoms with Crippen molar-refractivity contribution in [2.24, 2.45) is 0 Å². The normalized spacial score (nSPS) is 10.1. The fraction of sp³-hybridized carbons (Fsp3) is 0.333. The molecule has 1 aromatic carbocycles. The summed E-state index contributed by atoms with van der Waals surface area (Å²) in [5.41, 5.74) is -0.641. The molecule has 1 aromatic rings. The molecule has 0 spiro atoms. The topological polar surface area (TPSA) is 78.9 Å². The number of carboxylic acids is 1. The molecular formula is C12H15FN2O4. The largest absolute Gasteiger partial charge is 0.478 e. The molecule has 1 rings (SSSR count). The number of carbonyl (C=O) groups excluding carboxylic acids is 1. The van der Waals surface area contributed by atoms with Gasteiger partial charge in [-0.3, -0.25) is 0 Å². The predicted octanol–water partition coefficient (Wildman–Crippen LogP) is 1.63. The number of anilines is 1. The molecule has 2 amide bonds. The second-order valence-electron chi connectivity index (χ2n) is 3.81. The lowest BCUT2D eigenvalue weighted by Gasteiger charge is -2.18. The molecule has 0 atom stereocenters. The van der Waals surface area contributed by atoms with Crippen LogP contribution in [-0.2, 0) is 4.74 Å². The molecule has 19 heavy (non-hydrogen) atoms. The Morgan fingerprint density at radius 3 is 2.74 bits per heavy atom. The van der Waals surface area contributed by atoms with Crippen molar-refractivity contribution in [2.75, 3.05) is 32.6 Å². The number of hydrogen-bond donors (Lipinski definition) is 2. The monoisotopic (exact) mass is 270 g/mol. The standard InChI is InChI=1S/C12H15FN2O4/c1-15(6-7-19-2)12(18)14-10-8(11(16)17)4-3-5-9(10)13/h3-5H,6-7H2,1-2H3,(H,14,18)(H,16,17). The van der Waals surface area contributed by atoms with Gasteiger partial charge in [0.25, 0.3) is 0 Å². The van der Waals surface area contributed by atoms with Crippen molar-refractivity contribution in [2.45, 2.75) is 0 Å². The van der Waals surface area contributed by atoms with Crippen LogP contribution < -0.4 is 5.32 Å². The van der Waals surface area contributed by atoms with E-state index in [2.05, 4.69) is 5.32 Å². The number of urea groups is 1. The summed E-state index contributed by atoms with van der Waals surface area (Å²) in [5, 5.41) is 11.2. The minimum Gasteiger partial charge on any atom is -0.478 e. The van der Waals surface area contributed by atoms with Crippen molar-refractivity contribution in [1.82, 2.24) is 4.90 Å². The zero-order valence-electron chi connectivity index (χ0n) is 10.6. The van der Waals surface area contributed by atoms with Crippen LogP contribution in [0.1, 0.15) is 10.4 Å². The Bertz CT molecular complexity index is 479. The van der Waals surface area contributed by atoms with E-state index in [1.165, 1.54) is 31.2 Å². The maximum absolute atomic E-state index is 13.6. The Morgan fingerprint density at radius 1 is 1.47 bits per heavy atom. The maximum atomic E-state index is 13.6. The average molecular weight is 270 g/mol. The zero-order chi connectivity index (χ0) is 14.4. The number of nitrogens with zero attached hydrogens (tertiary/aromatic N) is 1. The van der Waals surface area contributed by atoms with Gasteiger partial charge in [0.05, 0.1) is 17.9 Å². The van der Waals surface area contributed by atoms with Crippen LogP contribution in [0.2, 0.25) is 0 Å². The van der Waals surface area contributed by atoms with Crippen LogP contribution in [0.25, 0.3) is 0 Å². The fourth-order valence-corrected chi connectivity index (χ4v) is 1.36. The number of ether oxygens (including phenoxy) is 1. The first kappa shape index (κ1) is 14.9. The first-order valence-corrected chi connectivity index (χ1v) is 5.50. The Hall–Kier alpha value is -2.15. The lowest BCUT2D eigenvalue weighted by atomic mass is 10.1. The second kappa shape index (κ2) is 6.69. The van der Waals surface area contributed by atoms with Crippen molar-refractivity contribution in [1.29, 1.82) is 0 Å². The summed E-state index contributed by atoms with van der Waals surface area (Å²) in [5.74, 6) is -2.11. The number of hydrogen-bond acceptors (Lipinski definition) is 3. The number of carbonyl (C=O) groups is 2. The smallest absolute Gasteiger partial charge is 0.337 e. The first-order chi connectivity index (χ1) is 8.97. The van der Waals surface area contributed by atoms with E-state index >= 15 is 0 Å². The molecule has 6 nitrogen and oxygen atoms in total. The molecule has 0 aliphatic heterocycles. The Labute approximate surface area is 109 Å². The van der Waals surface area contributed by atoms with Crippen LogP contribution in [0.5, 0.6) is 0 Å². The van der Waals surface area contributed by atoms with E-state index in [-0.39, 0.29) is 11.3 Å². The molecular weight excluding hydrogens is 255 g/mol. The highest BCUT2D eigenvalue weighted by atomic mass is 19.1. The number of halogens is 1. The van der Waals surface area contributed by atoms with Gasteiger partial charge in [0, 0.05) is 20.7 Å². The van der Waals surface area contributed by atoms with Gasteiger partial charge in [0.15, 0.2) is 0 Å². The van der Waals surface area contributed by atoms with E-state index in [1.807, 2.05) is 0 Å². The quantitative estimate of drug-likeness (QED) is 0.852. The number of para-hydroxylation sites is 1. The van der Waals surface area contributed by atoms with Crippen LogP contribution in [0.3, 0.4) is 0 Å². The summed E-state index contributed by atoms with van der Waals surface area (Å²) in [6.45, 7) is 0.631. The lowest BCUT2D eigenvalue weighted by Crippen LogP contribution is -2.34. The van der Waals surface area contributed by atoms with E-state index in [1.54, 1.807) is 0 Å². The molecule has 0 aromatic heterocycles. The molecule has 0 bridgehead atoms. The first-order valence-electron chi connectivity index (χ1n) is 5.50. The van der Waals surface area contributed by atoms with Crippen LogP contribution in [0.15, 0.2) is 18.2 Å². The van der Waals surface area contributed by atoms with E-state index < -0.39 is 17.8 Å². The predicted molar refractivity (Wildman–Crippen MR) is 66.9 cm³/mol. The molecule has 0 aliphatic rings.